The molecule has 4 heterocycles. The van der Waals surface area contributed by atoms with E-state index in [1.807, 2.05) is 76.5 Å². The van der Waals surface area contributed by atoms with Crippen LogP contribution in [-0.2, 0) is 42.9 Å². The quantitative estimate of drug-likeness (QED) is 0.0249. The standard InChI is InChI=1S/C58H84Cl2N10O10S2/c1-39(41-13-15-42(16-14-41)51-40(2)65-38-81-51)66-54(74)45-34-43(71)36-70(45)56(75)52(57(3,4)5)68-49(73)17-24-76-26-28-78-30-32-80-33-31-79-29-27-77-25-21-63-48(72)12-7-6-8-18-58(37-61)19-22-69(23-20-58)47-35-64-55(53(62)67-47)82-46-11-9-10-44(59)50(46)60/h9-11,13-16,35,38-39,43,45,52,71H,6-8,12,17-34,36-37,61H2,1-5H3,(H2,62,67)(H,63,72)(H,66,74)(H,68,73)/t39-,43+,45-,52+/m0/s1. The summed E-state index contributed by atoms with van der Waals surface area (Å²) >= 11 is 15.4. The number of halogens is 2. The van der Waals surface area contributed by atoms with Crippen LogP contribution >= 0.6 is 46.3 Å². The molecule has 2 fully saturated rings. The van der Waals surface area contributed by atoms with E-state index in [9.17, 15) is 24.3 Å². The molecule has 20 nitrogen and oxygen atoms in total. The van der Waals surface area contributed by atoms with Gasteiger partial charge in [-0.2, -0.15) is 0 Å². The van der Waals surface area contributed by atoms with Gasteiger partial charge in [-0.1, -0.05) is 98.9 Å². The lowest BCUT2D eigenvalue weighted by Gasteiger charge is -2.42. The number of carbonyl (C=O) groups is 4. The van der Waals surface area contributed by atoms with E-state index in [0.717, 1.165) is 84.0 Å². The minimum Gasteiger partial charge on any atom is -0.391 e. The van der Waals surface area contributed by atoms with Crippen LogP contribution in [0.4, 0.5) is 11.6 Å². The molecule has 2 aromatic heterocycles. The highest BCUT2D eigenvalue weighted by atomic mass is 35.5. The smallest absolute Gasteiger partial charge is 0.246 e. The van der Waals surface area contributed by atoms with Gasteiger partial charge in [0.05, 0.1) is 111 Å². The van der Waals surface area contributed by atoms with Crippen molar-refractivity contribution in [3.05, 3.63) is 75.5 Å². The largest absolute Gasteiger partial charge is 0.391 e. The fraction of sp³-hybridized carbons (Fsp3) is 0.603. The average molecular weight is 1220 g/mol. The van der Waals surface area contributed by atoms with E-state index in [1.54, 1.807) is 23.6 Å². The number of nitrogen functional groups attached to an aromatic ring is 1. The molecule has 0 saturated carbocycles. The van der Waals surface area contributed by atoms with Crippen LogP contribution < -0.4 is 32.3 Å². The molecule has 0 spiro atoms. The van der Waals surface area contributed by atoms with Crippen molar-refractivity contribution in [1.29, 1.82) is 0 Å². The number of unbranched alkanes of at least 4 members (excludes halogenated alkanes) is 2. The second-order valence-corrected chi connectivity index (χ2v) is 24.5. The fourth-order valence-corrected chi connectivity index (χ4v) is 11.8. The van der Waals surface area contributed by atoms with E-state index >= 15 is 0 Å². The van der Waals surface area contributed by atoms with Gasteiger partial charge in [0.25, 0.3) is 0 Å². The van der Waals surface area contributed by atoms with Crippen molar-refractivity contribution in [3.63, 3.8) is 0 Å². The molecule has 0 unspecified atom stereocenters. The number of aryl methyl sites for hydroxylation is 1. The van der Waals surface area contributed by atoms with Crippen LogP contribution in [-0.4, -0.2) is 166 Å². The SMILES string of the molecule is Cc1ncsc1-c1ccc([C@H](C)NC(=O)[C@@H]2C[C@@H](O)CN2C(=O)[C@@H](NC(=O)CCOCCOCCOCCOCCOCCNC(=O)CCCCCC2(CN)CCN(c3cnc(Sc4cccc(Cl)c4Cl)c(N)n3)CC2)C(C)(C)C)cc1. The lowest BCUT2D eigenvalue weighted by atomic mass is 9.74. The minimum absolute atomic E-state index is 0.0137. The van der Waals surface area contributed by atoms with Crippen molar-refractivity contribution in [2.24, 2.45) is 16.6 Å². The summed E-state index contributed by atoms with van der Waals surface area (Å²) < 4.78 is 28.0. The Balaban J connectivity index is 0.717. The van der Waals surface area contributed by atoms with E-state index in [0.29, 0.717) is 93.3 Å². The maximum absolute atomic E-state index is 14.0. The Labute approximate surface area is 501 Å². The molecule has 0 radical (unpaired) electrons. The van der Waals surface area contributed by atoms with Crippen molar-refractivity contribution >= 4 is 81.6 Å². The first-order chi connectivity index (χ1) is 39.4. The van der Waals surface area contributed by atoms with E-state index in [4.69, 9.17) is 58.4 Å². The van der Waals surface area contributed by atoms with Crippen molar-refractivity contribution in [1.82, 2.24) is 35.8 Å². The zero-order valence-electron chi connectivity index (χ0n) is 48.1. The van der Waals surface area contributed by atoms with Crippen LogP contribution in [0.3, 0.4) is 0 Å². The number of hydrogen-bond donors (Lipinski definition) is 6. The van der Waals surface area contributed by atoms with Crippen LogP contribution in [0.15, 0.2) is 64.1 Å². The van der Waals surface area contributed by atoms with Gasteiger partial charge in [0.15, 0.2) is 5.82 Å². The van der Waals surface area contributed by atoms with Crippen molar-refractivity contribution in [3.8, 4) is 10.4 Å². The first kappa shape index (κ1) is 66.4. The lowest BCUT2D eigenvalue weighted by molar-refractivity contribution is -0.144. The van der Waals surface area contributed by atoms with Gasteiger partial charge in [-0.15, -0.1) is 11.3 Å². The number of ether oxygens (including phenoxy) is 5. The third-order valence-electron chi connectivity index (χ3n) is 14.7. The van der Waals surface area contributed by atoms with Gasteiger partial charge in [0, 0.05) is 50.3 Å². The second-order valence-electron chi connectivity index (χ2n) is 21.9. The van der Waals surface area contributed by atoms with Crippen molar-refractivity contribution < 1.29 is 48.0 Å². The van der Waals surface area contributed by atoms with Crippen LogP contribution in [0.5, 0.6) is 0 Å². The zero-order chi connectivity index (χ0) is 59.1. The molecule has 82 heavy (non-hydrogen) atoms. The molecule has 2 aromatic carbocycles. The Bertz CT molecular complexity index is 2640. The fourth-order valence-electron chi connectivity index (χ4n) is 9.76. The number of amides is 4. The molecule has 2 aliphatic rings. The molecule has 452 valence electrons. The van der Waals surface area contributed by atoms with E-state index in [2.05, 4.69) is 35.8 Å². The van der Waals surface area contributed by atoms with Crippen molar-refractivity contribution in [2.75, 3.05) is 109 Å². The first-order valence-electron chi connectivity index (χ1n) is 28.3. The molecule has 24 heteroatoms. The number of aromatic nitrogens is 3. The Morgan fingerprint density at radius 3 is 2.11 bits per heavy atom. The lowest BCUT2D eigenvalue weighted by Crippen LogP contribution is -2.58. The molecule has 4 aromatic rings. The third kappa shape index (κ3) is 20.8. The summed E-state index contributed by atoms with van der Waals surface area (Å²) in [4.78, 5) is 72.2. The molecule has 4 amide bonds. The van der Waals surface area contributed by atoms with Crippen LogP contribution in [0.1, 0.15) is 103 Å². The number of nitrogens with two attached hydrogens (primary N) is 2. The van der Waals surface area contributed by atoms with E-state index in [-0.39, 0.29) is 61.8 Å². The number of piperidine rings is 1. The number of aliphatic hydroxyl groups is 1. The number of thiazole rings is 1. The maximum atomic E-state index is 14.0. The van der Waals surface area contributed by atoms with Crippen LogP contribution in [0.25, 0.3) is 10.4 Å². The molecule has 2 aliphatic heterocycles. The van der Waals surface area contributed by atoms with Gasteiger partial charge in [-0.25, -0.2) is 15.0 Å². The predicted molar refractivity (Wildman–Crippen MR) is 321 cm³/mol. The predicted octanol–water partition coefficient (Wildman–Crippen LogP) is 7.40. The Morgan fingerprint density at radius 1 is 0.854 bits per heavy atom. The number of rotatable bonds is 34. The summed E-state index contributed by atoms with van der Waals surface area (Å²) in [5, 5.41) is 20.9. The number of aliphatic hydroxyl groups excluding tert-OH is 1. The molecule has 6 rings (SSSR count). The van der Waals surface area contributed by atoms with Crippen LogP contribution in [0, 0.1) is 17.8 Å². The van der Waals surface area contributed by atoms with E-state index in [1.165, 1.54) is 16.7 Å². The summed E-state index contributed by atoms with van der Waals surface area (Å²) in [7, 11) is 0. The first-order valence-corrected chi connectivity index (χ1v) is 30.8. The Hall–Kier alpha value is -4.72. The molecule has 2 saturated heterocycles. The number of β-amino-alcohol motifs (C(OH)–C–C–N with tert-alkyl or cyclic N) is 1. The van der Waals surface area contributed by atoms with Gasteiger partial charge in [-0.3, -0.25) is 19.2 Å². The van der Waals surface area contributed by atoms with Gasteiger partial charge in [-0.05, 0) is 80.2 Å². The highest BCUT2D eigenvalue weighted by molar-refractivity contribution is 7.99. The summed E-state index contributed by atoms with van der Waals surface area (Å²) in [6.07, 6.45) is 7.17. The Kier molecular flexibility index (Phi) is 27.3. The average Bonchev–Trinajstić information content (AvgIpc) is 4.26. The van der Waals surface area contributed by atoms with Gasteiger partial charge in [0.1, 0.15) is 22.9 Å². The monoisotopic (exact) mass is 1210 g/mol. The molecular weight excluding hydrogens is 1130 g/mol. The number of carbonyl (C=O) groups excluding carboxylic acids is 4. The topological polar surface area (TPSA) is 268 Å². The van der Waals surface area contributed by atoms with Gasteiger partial charge < -0.3 is 66.0 Å². The molecule has 8 N–H and O–H groups in total. The highest BCUT2D eigenvalue weighted by Gasteiger charge is 2.45. The molecular formula is C58H84Cl2N10O10S2. The molecule has 0 bridgehead atoms. The minimum atomic E-state index is -0.939. The summed E-state index contributed by atoms with van der Waals surface area (Å²) in [5.41, 5.74) is 16.7. The number of nitrogens with one attached hydrogen (secondary N) is 3. The zero-order valence-corrected chi connectivity index (χ0v) is 51.2. The summed E-state index contributed by atoms with van der Waals surface area (Å²) in [6.45, 7) is 15.5. The molecule has 0 aliphatic carbocycles. The molecule has 4 atom stereocenters. The van der Waals surface area contributed by atoms with Gasteiger partial charge in [0.2, 0.25) is 23.6 Å². The number of likely N-dealkylation sites (tertiary alicyclic amines) is 1. The van der Waals surface area contributed by atoms with Crippen LogP contribution in [0.2, 0.25) is 10.0 Å². The van der Waals surface area contributed by atoms with E-state index < -0.39 is 29.5 Å². The Morgan fingerprint density at radius 2 is 1.50 bits per heavy atom. The number of nitrogens with zero attached hydrogens (tertiary/aromatic N) is 5. The highest BCUT2D eigenvalue weighted by Crippen LogP contribution is 2.40. The van der Waals surface area contributed by atoms with Gasteiger partial charge >= 0.3 is 0 Å². The maximum Gasteiger partial charge on any atom is 0.246 e. The van der Waals surface area contributed by atoms with Crippen molar-refractivity contribution in [2.45, 2.75) is 127 Å². The summed E-state index contributed by atoms with van der Waals surface area (Å²) in [5.74, 6) is -0.0549. The number of benzene rings is 2. The normalized spacial score (nSPS) is 16.9. The number of anilines is 2. The third-order valence-corrected chi connectivity index (χ3v) is 17.6. The number of hydrogen-bond acceptors (Lipinski definition) is 18. The second kappa shape index (κ2) is 33.7. The summed E-state index contributed by atoms with van der Waals surface area (Å²) in [6, 6.07) is 11.2.